The average molecular weight is 480 g/mol. The van der Waals surface area contributed by atoms with Gasteiger partial charge in [0.15, 0.2) is 6.73 Å². The van der Waals surface area contributed by atoms with Crippen molar-refractivity contribution in [2.75, 3.05) is 39.5 Å². The molecule has 0 saturated carbocycles. The molecule has 1 saturated heterocycles. The van der Waals surface area contributed by atoms with Crippen LogP contribution in [0.4, 0.5) is 0 Å². The van der Waals surface area contributed by atoms with E-state index in [4.69, 9.17) is 4.52 Å². The van der Waals surface area contributed by atoms with Crippen LogP contribution in [0.2, 0.25) is 0 Å². The van der Waals surface area contributed by atoms with E-state index < -0.39 is 7.82 Å². The molecule has 0 spiro atoms. The monoisotopic (exact) mass is 479 g/mol. The zero-order chi connectivity index (χ0) is 23.9. The van der Waals surface area contributed by atoms with E-state index >= 15 is 0 Å². The second-order valence-electron chi connectivity index (χ2n) is 8.79. The maximum Gasteiger partial charge on any atom is 0.474 e. The van der Waals surface area contributed by atoms with Gasteiger partial charge in [-0.15, -0.1) is 0 Å². The Bertz CT molecular complexity index is 1060. The molecule has 0 atom stereocenters. The molecule has 1 fully saturated rings. The van der Waals surface area contributed by atoms with Crippen LogP contribution in [-0.4, -0.2) is 58.6 Å². The van der Waals surface area contributed by atoms with Crippen molar-refractivity contribution >= 4 is 13.9 Å². The van der Waals surface area contributed by atoms with Crippen molar-refractivity contribution in [1.29, 1.82) is 0 Å². The van der Waals surface area contributed by atoms with Gasteiger partial charge < -0.3 is 9.79 Å². The van der Waals surface area contributed by atoms with E-state index in [1.165, 1.54) is 11.1 Å². The standard InChI is InChI=1S/C27H31N2O4P/c30-34(31,32)33-23-29(20-10-13-24-11-4-1-5-12-24)21-18-28(19-22-29)27(25-14-6-2-7-15-25)26-16-8-3-9-17-26/h1-17,27H,18-23H2,(H-,30,31,32)/p+1/b13-10+. The van der Waals surface area contributed by atoms with Crippen LogP contribution in [0.3, 0.4) is 0 Å². The van der Waals surface area contributed by atoms with Crippen molar-refractivity contribution < 1.29 is 23.4 Å². The summed E-state index contributed by atoms with van der Waals surface area (Å²) in [6.45, 7) is 3.67. The van der Waals surface area contributed by atoms with E-state index in [0.29, 0.717) is 11.0 Å². The minimum atomic E-state index is -4.55. The maximum atomic E-state index is 11.5. The Labute approximate surface area is 201 Å². The quantitative estimate of drug-likeness (QED) is 0.344. The van der Waals surface area contributed by atoms with Gasteiger partial charge in [-0.2, -0.15) is 0 Å². The second-order valence-corrected chi connectivity index (χ2v) is 10.0. The maximum absolute atomic E-state index is 11.5. The molecule has 34 heavy (non-hydrogen) atoms. The normalized spacial score (nSPS) is 16.8. The third-order valence-electron chi connectivity index (χ3n) is 6.42. The highest BCUT2D eigenvalue weighted by atomic mass is 31.2. The van der Waals surface area contributed by atoms with Crippen LogP contribution in [0.25, 0.3) is 6.08 Å². The van der Waals surface area contributed by atoms with Crippen LogP contribution >= 0.6 is 7.82 Å². The molecular weight excluding hydrogens is 447 g/mol. The van der Waals surface area contributed by atoms with Gasteiger partial charge in [-0.1, -0.05) is 97.1 Å². The molecule has 0 aromatic heterocycles. The lowest BCUT2D eigenvalue weighted by Gasteiger charge is -2.46. The molecule has 1 heterocycles. The molecule has 0 unspecified atom stereocenters. The summed E-state index contributed by atoms with van der Waals surface area (Å²) in [5, 5.41) is 0. The summed E-state index contributed by atoms with van der Waals surface area (Å²) < 4.78 is 17.0. The summed E-state index contributed by atoms with van der Waals surface area (Å²) in [6.07, 6.45) is 4.14. The lowest BCUT2D eigenvalue weighted by Crippen LogP contribution is -2.60. The van der Waals surface area contributed by atoms with Crippen LogP contribution in [0.15, 0.2) is 97.1 Å². The fraction of sp³-hybridized carbons (Fsp3) is 0.259. The molecule has 0 aliphatic carbocycles. The Kier molecular flexibility index (Phi) is 8.11. The van der Waals surface area contributed by atoms with Gasteiger partial charge in [0.2, 0.25) is 0 Å². The molecular formula is C27H32N2O4P+. The van der Waals surface area contributed by atoms with Gasteiger partial charge in [0.25, 0.3) is 0 Å². The van der Waals surface area contributed by atoms with E-state index in [1.54, 1.807) is 0 Å². The van der Waals surface area contributed by atoms with Gasteiger partial charge in [-0.3, -0.25) is 9.38 Å². The van der Waals surface area contributed by atoms with Gasteiger partial charge in [0.1, 0.15) is 0 Å². The van der Waals surface area contributed by atoms with Crippen molar-refractivity contribution in [2.24, 2.45) is 0 Å². The van der Waals surface area contributed by atoms with E-state index in [2.05, 4.69) is 65.6 Å². The first kappa shape index (κ1) is 24.6. The van der Waals surface area contributed by atoms with Crippen molar-refractivity contribution in [2.45, 2.75) is 6.04 Å². The van der Waals surface area contributed by atoms with E-state index in [0.717, 1.165) is 31.7 Å². The summed E-state index contributed by atoms with van der Waals surface area (Å²) in [5.74, 6) is 0. The molecule has 7 heteroatoms. The smallest absolute Gasteiger partial charge is 0.303 e. The van der Waals surface area contributed by atoms with Gasteiger partial charge in [0, 0.05) is 13.1 Å². The lowest BCUT2D eigenvalue weighted by atomic mass is 9.96. The van der Waals surface area contributed by atoms with Crippen molar-refractivity contribution in [3.63, 3.8) is 0 Å². The summed E-state index contributed by atoms with van der Waals surface area (Å²) in [6, 6.07) is 31.1. The Morgan fingerprint density at radius 1 is 0.853 bits per heavy atom. The molecule has 2 N–H and O–H groups in total. The molecule has 178 valence electrons. The number of quaternary nitrogens is 1. The molecule has 0 amide bonds. The lowest BCUT2D eigenvalue weighted by molar-refractivity contribution is -0.941. The summed E-state index contributed by atoms with van der Waals surface area (Å²) in [7, 11) is -4.55. The van der Waals surface area contributed by atoms with Gasteiger partial charge in [-0.25, -0.2) is 9.09 Å². The number of phosphoric ester groups is 1. The Hall–Kier alpha value is -2.57. The highest BCUT2D eigenvalue weighted by Gasteiger charge is 2.37. The first-order valence-electron chi connectivity index (χ1n) is 11.5. The average Bonchev–Trinajstić information content (AvgIpc) is 2.86. The first-order chi connectivity index (χ1) is 16.4. The summed E-state index contributed by atoms with van der Waals surface area (Å²) in [5.41, 5.74) is 3.58. The van der Waals surface area contributed by atoms with Crippen molar-refractivity contribution in [3.05, 3.63) is 114 Å². The van der Waals surface area contributed by atoms with Crippen LogP contribution in [0.5, 0.6) is 0 Å². The minimum Gasteiger partial charge on any atom is -0.303 e. The fourth-order valence-electron chi connectivity index (χ4n) is 4.59. The highest BCUT2D eigenvalue weighted by molar-refractivity contribution is 7.46. The Morgan fingerprint density at radius 3 is 1.85 bits per heavy atom. The predicted octanol–water partition coefficient (Wildman–Crippen LogP) is 4.69. The Morgan fingerprint density at radius 2 is 1.35 bits per heavy atom. The molecule has 0 radical (unpaired) electrons. The van der Waals surface area contributed by atoms with Gasteiger partial charge in [-0.05, 0) is 22.8 Å². The zero-order valence-corrected chi connectivity index (χ0v) is 20.1. The number of phosphoric acid groups is 1. The number of nitrogens with zero attached hydrogens (tertiary/aromatic N) is 2. The van der Waals surface area contributed by atoms with Gasteiger partial charge in [0.05, 0.1) is 25.7 Å². The summed E-state index contributed by atoms with van der Waals surface area (Å²) >= 11 is 0. The largest absolute Gasteiger partial charge is 0.474 e. The SMILES string of the molecule is O=P(O)(O)OC[N+]1(C/C=C/c2ccccc2)CCN(C(c2ccccc2)c2ccccc2)CC1. The zero-order valence-electron chi connectivity index (χ0n) is 19.2. The molecule has 1 aliphatic rings. The summed E-state index contributed by atoms with van der Waals surface area (Å²) in [4.78, 5) is 21.2. The fourth-order valence-corrected chi connectivity index (χ4v) is 4.98. The van der Waals surface area contributed by atoms with Crippen molar-refractivity contribution in [1.82, 2.24) is 4.90 Å². The van der Waals surface area contributed by atoms with Crippen LogP contribution in [-0.2, 0) is 9.09 Å². The minimum absolute atomic E-state index is 0.0153. The number of hydrogen-bond donors (Lipinski definition) is 2. The third-order valence-corrected chi connectivity index (χ3v) is 6.87. The number of piperazine rings is 1. The van der Waals surface area contributed by atoms with E-state index in [1.807, 2.05) is 42.5 Å². The first-order valence-corrected chi connectivity index (χ1v) is 13.1. The molecule has 3 aromatic carbocycles. The number of rotatable bonds is 9. The van der Waals surface area contributed by atoms with Crippen LogP contribution < -0.4 is 0 Å². The molecule has 1 aliphatic heterocycles. The highest BCUT2D eigenvalue weighted by Crippen LogP contribution is 2.37. The Balaban J connectivity index is 1.52. The molecule has 3 aromatic rings. The van der Waals surface area contributed by atoms with Crippen molar-refractivity contribution in [3.8, 4) is 0 Å². The molecule has 6 nitrogen and oxygen atoms in total. The van der Waals surface area contributed by atoms with Gasteiger partial charge >= 0.3 is 7.82 Å². The van der Waals surface area contributed by atoms with E-state index in [-0.39, 0.29) is 12.8 Å². The van der Waals surface area contributed by atoms with Crippen LogP contribution in [0.1, 0.15) is 22.7 Å². The predicted molar refractivity (Wildman–Crippen MR) is 135 cm³/mol. The van der Waals surface area contributed by atoms with E-state index in [9.17, 15) is 14.4 Å². The van der Waals surface area contributed by atoms with Crippen LogP contribution in [0, 0.1) is 0 Å². The number of benzene rings is 3. The topological polar surface area (TPSA) is 70.0 Å². The number of hydrogen-bond acceptors (Lipinski definition) is 3. The molecule has 4 rings (SSSR count). The third kappa shape index (κ3) is 6.73. The second kappa shape index (κ2) is 11.2. The molecule has 0 bridgehead atoms.